The van der Waals surface area contributed by atoms with Gasteiger partial charge in [-0.05, 0) is 24.6 Å². The lowest BCUT2D eigenvalue weighted by molar-refractivity contribution is 0.0950. The molecule has 0 bridgehead atoms. The van der Waals surface area contributed by atoms with Gasteiger partial charge in [-0.3, -0.25) is 14.4 Å². The number of carbonyl (C=O) groups is 2. The lowest BCUT2D eigenvalue weighted by atomic mass is 10.1. The highest BCUT2D eigenvalue weighted by molar-refractivity contribution is 5.99. The van der Waals surface area contributed by atoms with Crippen LogP contribution >= 0.6 is 0 Å². The number of carbonyl (C=O) groups excluding carboxylic acids is 2. The molecule has 0 unspecified atom stereocenters. The summed E-state index contributed by atoms with van der Waals surface area (Å²) in [4.78, 5) is 40.0. The second-order valence-corrected chi connectivity index (χ2v) is 7.34. The van der Waals surface area contributed by atoms with Gasteiger partial charge in [0.15, 0.2) is 0 Å². The van der Waals surface area contributed by atoms with Crippen molar-refractivity contribution in [1.29, 1.82) is 0 Å². The first kappa shape index (κ1) is 21.7. The molecule has 30 heavy (non-hydrogen) atoms. The van der Waals surface area contributed by atoms with Crippen molar-refractivity contribution in [1.82, 2.24) is 25.4 Å². The molecule has 0 atom stereocenters. The molecule has 8 nitrogen and oxygen atoms in total. The van der Waals surface area contributed by atoms with Crippen molar-refractivity contribution in [2.45, 2.75) is 13.0 Å². The first-order valence-electron chi connectivity index (χ1n) is 10.3. The Bertz CT molecular complexity index is 920. The molecule has 0 spiro atoms. The summed E-state index contributed by atoms with van der Waals surface area (Å²) < 4.78 is 1.41. The maximum Gasteiger partial charge on any atom is 0.263 e. The number of benzene rings is 1. The van der Waals surface area contributed by atoms with Crippen molar-refractivity contribution < 1.29 is 9.59 Å². The molecule has 2 aromatic rings. The molecule has 3 rings (SSSR count). The Labute approximate surface area is 176 Å². The van der Waals surface area contributed by atoms with E-state index in [0.29, 0.717) is 12.1 Å². The molecule has 8 heteroatoms. The first-order valence-corrected chi connectivity index (χ1v) is 10.3. The van der Waals surface area contributed by atoms with Gasteiger partial charge in [-0.1, -0.05) is 30.3 Å². The van der Waals surface area contributed by atoms with Crippen molar-refractivity contribution in [3.8, 4) is 0 Å². The van der Waals surface area contributed by atoms with Gasteiger partial charge < -0.3 is 25.4 Å². The Morgan fingerprint density at radius 1 is 1.10 bits per heavy atom. The van der Waals surface area contributed by atoms with Gasteiger partial charge in [-0.2, -0.15) is 0 Å². The number of hydrogen-bond donors (Lipinski definition) is 3. The second kappa shape index (κ2) is 10.7. The fourth-order valence-electron chi connectivity index (χ4n) is 3.50. The van der Waals surface area contributed by atoms with E-state index in [-0.39, 0.29) is 18.0 Å². The van der Waals surface area contributed by atoms with Crippen LogP contribution in [0.25, 0.3) is 0 Å². The molecule has 1 aromatic heterocycles. The van der Waals surface area contributed by atoms with E-state index in [1.54, 1.807) is 0 Å². The quantitative estimate of drug-likeness (QED) is 0.543. The highest BCUT2D eigenvalue weighted by atomic mass is 16.2. The van der Waals surface area contributed by atoms with Crippen molar-refractivity contribution in [2.24, 2.45) is 0 Å². The number of nitrogens with one attached hydrogen (secondary N) is 3. The maximum absolute atomic E-state index is 12.7. The molecule has 1 saturated heterocycles. The first-order chi connectivity index (χ1) is 14.6. The van der Waals surface area contributed by atoms with Gasteiger partial charge in [-0.25, -0.2) is 0 Å². The maximum atomic E-state index is 12.7. The van der Waals surface area contributed by atoms with E-state index < -0.39 is 11.5 Å². The Hall–Kier alpha value is -2.97. The molecule has 1 aromatic carbocycles. The third kappa shape index (κ3) is 5.77. The molecule has 1 aliphatic heterocycles. The van der Waals surface area contributed by atoms with E-state index in [4.69, 9.17) is 0 Å². The number of nitrogens with zero attached hydrogens (tertiary/aromatic N) is 2. The number of rotatable bonds is 8. The smallest absolute Gasteiger partial charge is 0.263 e. The second-order valence-electron chi connectivity index (χ2n) is 7.34. The molecule has 0 saturated carbocycles. The van der Waals surface area contributed by atoms with Gasteiger partial charge >= 0.3 is 0 Å². The minimum Gasteiger partial charge on any atom is -0.355 e. The summed E-state index contributed by atoms with van der Waals surface area (Å²) in [5.74, 6) is -0.794. The van der Waals surface area contributed by atoms with Gasteiger partial charge in [0.2, 0.25) is 0 Å². The predicted molar refractivity (Wildman–Crippen MR) is 116 cm³/mol. The normalized spacial score (nSPS) is 14.3. The van der Waals surface area contributed by atoms with Crippen LogP contribution < -0.4 is 21.5 Å². The third-order valence-corrected chi connectivity index (χ3v) is 5.16. The highest BCUT2D eigenvalue weighted by Gasteiger charge is 2.17. The zero-order chi connectivity index (χ0) is 21.3. The van der Waals surface area contributed by atoms with Crippen molar-refractivity contribution in [2.75, 3.05) is 46.3 Å². The Morgan fingerprint density at radius 3 is 2.53 bits per heavy atom. The van der Waals surface area contributed by atoms with Crippen LogP contribution in [0.15, 0.2) is 47.4 Å². The van der Waals surface area contributed by atoms with Gasteiger partial charge in [0.1, 0.15) is 5.56 Å². The van der Waals surface area contributed by atoms with E-state index in [2.05, 4.69) is 20.9 Å². The zero-order valence-corrected chi connectivity index (χ0v) is 17.3. The van der Waals surface area contributed by atoms with Crippen LogP contribution in [0.2, 0.25) is 0 Å². The van der Waals surface area contributed by atoms with E-state index in [1.807, 2.05) is 30.3 Å². The van der Waals surface area contributed by atoms with E-state index >= 15 is 0 Å². The number of aromatic nitrogens is 1. The van der Waals surface area contributed by atoms with Crippen LogP contribution in [0.4, 0.5) is 0 Å². The summed E-state index contributed by atoms with van der Waals surface area (Å²) in [5, 5.41) is 8.70. The molecule has 0 radical (unpaired) electrons. The van der Waals surface area contributed by atoms with E-state index in [1.165, 1.54) is 23.9 Å². The van der Waals surface area contributed by atoms with Crippen LogP contribution in [-0.2, 0) is 6.54 Å². The van der Waals surface area contributed by atoms with Gasteiger partial charge in [0.25, 0.3) is 17.4 Å². The fourth-order valence-corrected chi connectivity index (χ4v) is 3.50. The topological polar surface area (TPSA) is 95.5 Å². The van der Waals surface area contributed by atoms with E-state index in [9.17, 15) is 14.4 Å². The van der Waals surface area contributed by atoms with Gasteiger partial charge in [0.05, 0.1) is 12.1 Å². The van der Waals surface area contributed by atoms with Crippen molar-refractivity contribution in [3.05, 3.63) is 69.6 Å². The minimum atomic E-state index is -0.504. The summed E-state index contributed by atoms with van der Waals surface area (Å²) in [6, 6.07) is 10.8. The summed E-state index contributed by atoms with van der Waals surface area (Å²) >= 11 is 0. The molecule has 2 amide bonds. The molecule has 1 fully saturated rings. The standard InChI is InChI=1S/C22H29N5O3/c1-23-21(29)19-14-18(16-27(22(19)30)15-17-6-3-2-4-7-17)20(28)25-8-5-11-26-12-9-24-10-13-26/h2-4,6-7,14,16,24H,5,8-13,15H2,1H3,(H,23,29)(H,25,28). The predicted octanol–water partition coefficient (Wildman–Crippen LogP) is 0.281. The SMILES string of the molecule is CNC(=O)c1cc(C(=O)NCCCN2CCNCC2)cn(Cc2ccccc2)c1=O. The summed E-state index contributed by atoms with van der Waals surface area (Å²) in [6.07, 6.45) is 2.37. The minimum absolute atomic E-state index is 0.0399. The summed E-state index contributed by atoms with van der Waals surface area (Å²) in [5.41, 5.74) is 0.748. The fraction of sp³-hybridized carbons (Fsp3) is 0.409. The Balaban J connectivity index is 1.70. The van der Waals surface area contributed by atoms with Crippen molar-refractivity contribution >= 4 is 11.8 Å². The highest BCUT2D eigenvalue weighted by Crippen LogP contribution is 2.06. The Kier molecular flexibility index (Phi) is 7.75. The zero-order valence-electron chi connectivity index (χ0n) is 17.3. The molecule has 3 N–H and O–H groups in total. The van der Waals surface area contributed by atoms with Crippen LogP contribution in [0.5, 0.6) is 0 Å². The van der Waals surface area contributed by atoms with Crippen LogP contribution in [0.3, 0.4) is 0 Å². The van der Waals surface area contributed by atoms with Gasteiger partial charge in [0, 0.05) is 46.0 Å². The molecule has 2 heterocycles. The molecular weight excluding hydrogens is 382 g/mol. The largest absolute Gasteiger partial charge is 0.355 e. The third-order valence-electron chi connectivity index (χ3n) is 5.16. The van der Waals surface area contributed by atoms with Gasteiger partial charge in [-0.15, -0.1) is 0 Å². The summed E-state index contributed by atoms with van der Waals surface area (Å²) in [7, 11) is 1.46. The summed E-state index contributed by atoms with van der Waals surface area (Å²) in [6.45, 7) is 5.79. The molecule has 160 valence electrons. The van der Waals surface area contributed by atoms with Crippen LogP contribution in [0.1, 0.15) is 32.7 Å². The number of pyridine rings is 1. The molecule has 0 aliphatic carbocycles. The average molecular weight is 412 g/mol. The number of amides is 2. The Morgan fingerprint density at radius 2 is 1.83 bits per heavy atom. The lowest BCUT2D eigenvalue weighted by Crippen LogP contribution is -2.44. The van der Waals surface area contributed by atoms with Crippen LogP contribution in [-0.4, -0.2) is 67.6 Å². The molecule has 1 aliphatic rings. The number of hydrogen-bond acceptors (Lipinski definition) is 5. The molecular formula is C22H29N5O3. The monoisotopic (exact) mass is 411 g/mol. The lowest BCUT2D eigenvalue weighted by Gasteiger charge is -2.27. The van der Waals surface area contributed by atoms with Crippen molar-refractivity contribution in [3.63, 3.8) is 0 Å². The van der Waals surface area contributed by atoms with E-state index in [0.717, 1.165) is 44.7 Å². The van der Waals surface area contributed by atoms with Crippen LogP contribution in [0, 0.1) is 0 Å². The average Bonchev–Trinajstić information content (AvgIpc) is 2.78. The number of piperazine rings is 1.